The minimum atomic E-state index is -0.0861. The van der Waals surface area contributed by atoms with Crippen LogP contribution in [0.5, 0.6) is 0 Å². The smallest absolute Gasteiger partial charge is 0.211 e. The molecule has 0 bridgehead atoms. The van der Waals surface area contributed by atoms with Crippen LogP contribution in [0.1, 0.15) is 11.4 Å². The Balaban J connectivity index is 0.00000132. The van der Waals surface area contributed by atoms with Gasteiger partial charge in [-0.3, -0.25) is 9.38 Å². The second kappa shape index (κ2) is 7.91. The average Bonchev–Trinajstić information content (AvgIpc) is 3.01. The molecule has 3 rings (SSSR count). The van der Waals surface area contributed by atoms with Gasteiger partial charge in [-0.15, -0.1) is 41.3 Å². The standard InChI is InChI=1S/C13H13N7S.2ClH/c1-8-7-21-13-18-11(9-3-2-4-16-5-9)10(20(8)13)6-17-19-12(14)15;;/h2-7H,1H3,(H4,14,15,19);2*1H/b17-6+;;. The molecule has 10 heteroatoms. The van der Waals surface area contributed by atoms with Gasteiger partial charge >= 0.3 is 0 Å². The highest BCUT2D eigenvalue weighted by atomic mass is 35.5. The predicted molar refractivity (Wildman–Crippen MR) is 98.9 cm³/mol. The van der Waals surface area contributed by atoms with E-state index < -0.39 is 0 Å². The predicted octanol–water partition coefficient (Wildman–Crippen LogP) is 2.22. The maximum atomic E-state index is 5.29. The number of pyridine rings is 1. The van der Waals surface area contributed by atoms with E-state index in [1.807, 2.05) is 28.8 Å². The lowest BCUT2D eigenvalue weighted by atomic mass is 10.2. The quantitative estimate of drug-likeness (QED) is 0.418. The minimum absolute atomic E-state index is 0. The van der Waals surface area contributed by atoms with Crippen molar-refractivity contribution in [1.82, 2.24) is 14.4 Å². The fraction of sp³-hybridized carbons (Fsp3) is 0.0769. The van der Waals surface area contributed by atoms with Gasteiger partial charge in [-0.1, -0.05) is 0 Å². The summed E-state index contributed by atoms with van der Waals surface area (Å²) in [6, 6.07) is 3.82. The van der Waals surface area contributed by atoms with Gasteiger partial charge in [-0.2, -0.15) is 5.10 Å². The molecule has 122 valence electrons. The fourth-order valence-corrected chi connectivity index (χ4v) is 2.88. The normalized spacial score (nSPS) is 10.3. The van der Waals surface area contributed by atoms with E-state index in [4.69, 9.17) is 11.5 Å². The van der Waals surface area contributed by atoms with Gasteiger partial charge in [-0.25, -0.2) is 4.98 Å². The van der Waals surface area contributed by atoms with Crippen LogP contribution in [0.25, 0.3) is 16.2 Å². The van der Waals surface area contributed by atoms with Gasteiger partial charge in [0.05, 0.1) is 11.9 Å². The third kappa shape index (κ3) is 3.79. The first-order valence-electron chi connectivity index (χ1n) is 6.15. The molecule has 0 saturated carbocycles. The highest BCUT2D eigenvalue weighted by molar-refractivity contribution is 7.15. The van der Waals surface area contributed by atoms with Crippen LogP contribution in [0, 0.1) is 6.92 Å². The topological polar surface area (TPSA) is 107 Å². The molecule has 0 fully saturated rings. The van der Waals surface area contributed by atoms with Gasteiger partial charge in [0.2, 0.25) is 5.96 Å². The lowest BCUT2D eigenvalue weighted by Gasteiger charge is -1.99. The Bertz CT molecular complexity index is 835. The van der Waals surface area contributed by atoms with E-state index in [9.17, 15) is 0 Å². The van der Waals surface area contributed by atoms with Crippen molar-refractivity contribution in [3.63, 3.8) is 0 Å². The van der Waals surface area contributed by atoms with Crippen molar-refractivity contribution in [2.45, 2.75) is 6.92 Å². The van der Waals surface area contributed by atoms with Crippen LogP contribution in [0.15, 0.2) is 40.1 Å². The number of nitrogens with two attached hydrogens (primary N) is 2. The zero-order chi connectivity index (χ0) is 14.8. The summed E-state index contributed by atoms with van der Waals surface area (Å²) in [7, 11) is 0. The molecule has 3 heterocycles. The van der Waals surface area contributed by atoms with Gasteiger partial charge in [0.1, 0.15) is 5.69 Å². The molecule has 0 aliphatic rings. The summed E-state index contributed by atoms with van der Waals surface area (Å²) in [4.78, 5) is 9.66. The molecule has 0 aliphatic heterocycles. The number of hydrogen-bond acceptors (Lipinski definition) is 5. The molecule has 4 N–H and O–H groups in total. The second-order valence-electron chi connectivity index (χ2n) is 4.35. The van der Waals surface area contributed by atoms with Crippen LogP contribution in [-0.2, 0) is 0 Å². The molecular weight excluding hydrogens is 357 g/mol. The lowest BCUT2D eigenvalue weighted by molar-refractivity contribution is 1.11. The number of nitrogens with zero attached hydrogens (tertiary/aromatic N) is 5. The van der Waals surface area contributed by atoms with Gasteiger partial charge in [0.25, 0.3) is 0 Å². The molecule has 3 aromatic rings. The van der Waals surface area contributed by atoms with Crippen LogP contribution in [-0.4, -0.2) is 26.5 Å². The third-order valence-electron chi connectivity index (χ3n) is 2.86. The summed E-state index contributed by atoms with van der Waals surface area (Å²) in [5.74, 6) is -0.0861. The minimum Gasteiger partial charge on any atom is -0.369 e. The number of aromatic nitrogens is 3. The van der Waals surface area contributed by atoms with Crippen molar-refractivity contribution < 1.29 is 0 Å². The van der Waals surface area contributed by atoms with Gasteiger partial charge in [0.15, 0.2) is 4.96 Å². The Morgan fingerprint density at radius 3 is 2.78 bits per heavy atom. The number of fused-ring (bicyclic) bond motifs is 1. The van der Waals surface area contributed by atoms with E-state index in [0.717, 1.165) is 27.6 Å². The van der Waals surface area contributed by atoms with Crippen LogP contribution in [0.3, 0.4) is 0 Å². The number of imidazole rings is 1. The van der Waals surface area contributed by atoms with E-state index >= 15 is 0 Å². The average molecular weight is 372 g/mol. The number of hydrogen-bond donors (Lipinski definition) is 2. The monoisotopic (exact) mass is 371 g/mol. The number of halogens is 2. The molecule has 0 aromatic carbocycles. The number of rotatable bonds is 3. The summed E-state index contributed by atoms with van der Waals surface area (Å²) < 4.78 is 2.01. The molecular formula is C13H15Cl2N7S. The summed E-state index contributed by atoms with van der Waals surface area (Å²) in [6.45, 7) is 2.01. The highest BCUT2D eigenvalue weighted by Crippen LogP contribution is 2.26. The van der Waals surface area contributed by atoms with Gasteiger partial charge in [0, 0.05) is 29.0 Å². The molecule has 0 atom stereocenters. The molecule has 0 saturated heterocycles. The third-order valence-corrected chi connectivity index (χ3v) is 3.80. The van der Waals surface area contributed by atoms with E-state index in [2.05, 4.69) is 20.2 Å². The first-order valence-corrected chi connectivity index (χ1v) is 7.03. The molecule has 7 nitrogen and oxygen atoms in total. The van der Waals surface area contributed by atoms with Gasteiger partial charge in [-0.05, 0) is 19.1 Å². The largest absolute Gasteiger partial charge is 0.369 e. The SMILES string of the molecule is Cc1csc2nc(-c3cccnc3)c(/C=N/N=C(N)N)n12.Cl.Cl. The molecule has 23 heavy (non-hydrogen) atoms. The summed E-state index contributed by atoms with van der Waals surface area (Å²) in [6.07, 6.45) is 5.09. The Hall–Kier alpha value is -2.16. The second-order valence-corrected chi connectivity index (χ2v) is 5.19. The zero-order valence-electron chi connectivity index (χ0n) is 12.1. The Morgan fingerprint density at radius 2 is 2.13 bits per heavy atom. The zero-order valence-corrected chi connectivity index (χ0v) is 14.5. The van der Waals surface area contributed by atoms with Crippen molar-refractivity contribution in [3.8, 4) is 11.3 Å². The van der Waals surface area contributed by atoms with Crippen molar-refractivity contribution in [3.05, 3.63) is 41.3 Å². The van der Waals surface area contributed by atoms with Crippen molar-refractivity contribution >= 4 is 53.3 Å². The lowest BCUT2D eigenvalue weighted by Crippen LogP contribution is -2.21. The molecule has 0 amide bonds. The summed E-state index contributed by atoms with van der Waals surface area (Å²) in [5.41, 5.74) is 14.2. The number of thiazole rings is 1. The molecule has 0 unspecified atom stereocenters. The van der Waals surface area contributed by atoms with E-state index in [-0.39, 0.29) is 30.8 Å². The maximum absolute atomic E-state index is 5.29. The van der Waals surface area contributed by atoms with Crippen LogP contribution in [0.2, 0.25) is 0 Å². The van der Waals surface area contributed by atoms with Crippen molar-refractivity contribution in [1.29, 1.82) is 0 Å². The molecule has 3 aromatic heterocycles. The maximum Gasteiger partial charge on any atom is 0.211 e. The fourth-order valence-electron chi connectivity index (χ4n) is 2.01. The first kappa shape index (κ1) is 18.9. The van der Waals surface area contributed by atoms with Crippen molar-refractivity contribution in [2.24, 2.45) is 21.7 Å². The Labute approximate surface area is 149 Å². The molecule has 0 aliphatic carbocycles. The Kier molecular flexibility index (Phi) is 6.49. The van der Waals surface area contributed by atoms with E-state index in [0.29, 0.717) is 0 Å². The van der Waals surface area contributed by atoms with Gasteiger partial charge < -0.3 is 11.5 Å². The molecule has 0 spiro atoms. The van der Waals surface area contributed by atoms with Crippen LogP contribution < -0.4 is 11.5 Å². The summed E-state index contributed by atoms with van der Waals surface area (Å²) in [5, 5.41) is 9.59. The highest BCUT2D eigenvalue weighted by Gasteiger charge is 2.15. The van der Waals surface area contributed by atoms with Crippen LogP contribution in [0.4, 0.5) is 0 Å². The first-order chi connectivity index (χ1) is 10.2. The van der Waals surface area contributed by atoms with E-state index in [1.165, 1.54) is 0 Å². The number of aryl methyl sites for hydroxylation is 1. The summed E-state index contributed by atoms with van der Waals surface area (Å²) >= 11 is 1.57. The number of guanidine groups is 1. The van der Waals surface area contributed by atoms with E-state index in [1.54, 1.807) is 29.9 Å². The molecule has 0 radical (unpaired) electrons. The van der Waals surface area contributed by atoms with Crippen LogP contribution >= 0.6 is 36.2 Å². The van der Waals surface area contributed by atoms with Crippen molar-refractivity contribution in [2.75, 3.05) is 0 Å². The Morgan fingerprint density at radius 1 is 1.35 bits per heavy atom.